The number of amides is 1. The van der Waals surface area contributed by atoms with E-state index in [1.165, 1.54) is 0 Å². The Kier molecular flexibility index (Phi) is 4.84. The fourth-order valence-corrected chi connectivity index (χ4v) is 2.24. The number of aliphatic hydroxyl groups is 1. The summed E-state index contributed by atoms with van der Waals surface area (Å²) in [6, 6.07) is 8.68. The van der Waals surface area contributed by atoms with Crippen molar-refractivity contribution in [1.29, 1.82) is 0 Å². The van der Waals surface area contributed by atoms with Crippen LogP contribution in [-0.2, 0) is 4.74 Å². The number of hydrogen-bond acceptors (Lipinski definition) is 4. The Morgan fingerprint density at radius 3 is 2.89 bits per heavy atom. The number of ether oxygens (including phenoxy) is 1. The van der Waals surface area contributed by atoms with Crippen LogP contribution in [-0.4, -0.2) is 53.4 Å². The summed E-state index contributed by atoms with van der Waals surface area (Å²) in [7, 11) is 0. The molecule has 0 aliphatic carbocycles. The number of nitrogens with zero attached hydrogens (tertiary/aromatic N) is 1. The molecule has 1 amide bonds. The second kappa shape index (κ2) is 6.60. The molecule has 2 N–H and O–H groups in total. The quantitative estimate of drug-likeness (QED) is 0.768. The fourth-order valence-electron chi connectivity index (χ4n) is 1.90. The molecule has 19 heavy (non-hydrogen) atoms. The number of rotatable bonds is 2. The van der Waals surface area contributed by atoms with E-state index in [4.69, 9.17) is 17.0 Å². The monoisotopic (exact) mass is 280 g/mol. The predicted molar refractivity (Wildman–Crippen MR) is 74.9 cm³/mol. The minimum Gasteiger partial charge on any atom is -0.394 e. The standard InChI is InChI=1S/C13H16N2O3S/c16-8-11-9-18-7-6-15(11)13(19)14-12(17)10-4-2-1-3-5-10/h1-5,11,16H,6-9H2,(H,14,17,19). The molecule has 1 aromatic carbocycles. The lowest BCUT2D eigenvalue weighted by molar-refractivity contribution is 0.00449. The van der Waals surface area contributed by atoms with E-state index >= 15 is 0 Å². The lowest BCUT2D eigenvalue weighted by atomic mass is 10.2. The summed E-state index contributed by atoms with van der Waals surface area (Å²) in [5, 5.41) is 12.3. The van der Waals surface area contributed by atoms with E-state index in [1.54, 1.807) is 29.2 Å². The Bertz CT molecular complexity index is 452. The number of carbonyl (C=O) groups excluding carboxylic acids is 1. The van der Waals surface area contributed by atoms with E-state index < -0.39 is 0 Å². The largest absolute Gasteiger partial charge is 0.394 e. The van der Waals surface area contributed by atoms with Gasteiger partial charge in [0.15, 0.2) is 5.11 Å². The van der Waals surface area contributed by atoms with Gasteiger partial charge in [0.1, 0.15) is 0 Å². The smallest absolute Gasteiger partial charge is 0.257 e. The molecule has 6 heteroatoms. The second-order valence-corrected chi connectivity index (χ2v) is 4.62. The summed E-state index contributed by atoms with van der Waals surface area (Å²) in [5.74, 6) is -0.242. The molecule has 0 saturated carbocycles. The SMILES string of the molecule is O=C(NC(=S)N1CCOCC1CO)c1ccccc1. The summed E-state index contributed by atoms with van der Waals surface area (Å²) < 4.78 is 5.27. The third-order valence-corrected chi connectivity index (χ3v) is 3.29. The first-order valence-corrected chi connectivity index (χ1v) is 6.49. The van der Waals surface area contributed by atoms with Gasteiger partial charge < -0.3 is 14.7 Å². The summed E-state index contributed by atoms with van der Waals surface area (Å²) >= 11 is 5.22. The zero-order chi connectivity index (χ0) is 13.7. The molecular weight excluding hydrogens is 264 g/mol. The number of nitrogens with one attached hydrogen (secondary N) is 1. The fraction of sp³-hybridized carbons (Fsp3) is 0.385. The van der Waals surface area contributed by atoms with Crippen molar-refractivity contribution in [3.05, 3.63) is 35.9 Å². The van der Waals surface area contributed by atoms with Crippen LogP contribution in [0.3, 0.4) is 0 Å². The molecule has 1 heterocycles. The maximum absolute atomic E-state index is 12.0. The van der Waals surface area contributed by atoms with E-state index in [0.29, 0.717) is 30.4 Å². The van der Waals surface area contributed by atoms with Gasteiger partial charge in [-0.3, -0.25) is 10.1 Å². The van der Waals surface area contributed by atoms with Crippen molar-refractivity contribution in [1.82, 2.24) is 10.2 Å². The van der Waals surface area contributed by atoms with Crippen molar-refractivity contribution in [3.8, 4) is 0 Å². The maximum Gasteiger partial charge on any atom is 0.257 e. The van der Waals surface area contributed by atoms with E-state index in [-0.39, 0.29) is 18.6 Å². The molecule has 5 nitrogen and oxygen atoms in total. The number of morpholine rings is 1. The van der Waals surface area contributed by atoms with E-state index in [2.05, 4.69) is 5.32 Å². The zero-order valence-electron chi connectivity index (χ0n) is 10.4. The predicted octanol–water partition coefficient (Wildman–Crippen LogP) is 0.394. The second-order valence-electron chi connectivity index (χ2n) is 4.23. The average molecular weight is 280 g/mol. The van der Waals surface area contributed by atoms with Gasteiger partial charge in [-0.25, -0.2) is 0 Å². The molecule has 1 unspecified atom stereocenters. The summed E-state index contributed by atoms with van der Waals surface area (Å²) in [6.45, 7) is 1.47. The van der Waals surface area contributed by atoms with Gasteiger partial charge in [-0.2, -0.15) is 0 Å². The van der Waals surface area contributed by atoms with E-state index in [9.17, 15) is 9.90 Å². The van der Waals surface area contributed by atoms with E-state index in [1.807, 2.05) is 6.07 Å². The highest BCUT2D eigenvalue weighted by molar-refractivity contribution is 7.80. The molecule has 102 valence electrons. The van der Waals surface area contributed by atoms with Crippen LogP contribution in [0.15, 0.2) is 30.3 Å². The van der Waals surface area contributed by atoms with Crippen LogP contribution in [0.2, 0.25) is 0 Å². The number of hydrogen-bond donors (Lipinski definition) is 2. The van der Waals surface area contributed by atoms with Crippen molar-refractivity contribution in [3.63, 3.8) is 0 Å². The van der Waals surface area contributed by atoms with Gasteiger partial charge >= 0.3 is 0 Å². The van der Waals surface area contributed by atoms with Crippen LogP contribution in [0.25, 0.3) is 0 Å². The van der Waals surface area contributed by atoms with Gasteiger partial charge in [0.05, 0.1) is 25.9 Å². The molecule has 0 radical (unpaired) electrons. The Balaban J connectivity index is 1.98. The summed E-state index contributed by atoms with van der Waals surface area (Å²) in [6.07, 6.45) is 0. The molecule has 1 aromatic rings. The average Bonchev–Trinajstić information content (AvgIpc) is 2.48. The Labute approximate surface area is 117 Å². The Morgan fingerprint density at radius 1 is 1.47 bits per heavy atom. The topological polar surface area (TPSA) is 61.8 Å². The van der Waals surface area contributed by atoms with Crippen molar-refractivity contribution in [2.75, 3.05) is 26.4 Å². The van der Waals surface area contributed by atoms with Gasteiger partial charge in [0.25, 0.3) is 5.91 Å². The third kappa shape index (κ3) is 3.50. The molecule has 1 atom stereocenters. The van der Waals surface area contributed by atoms with Crippen molar-refractivity contribution in [2.24, 2.45) is 0 Å². The Hall–Kier alpha value is -1.50. The normalized spacial score (nSPS) is 19.0. The number of thiocarbonyl (C=S) groups is 1. The molecule has 1 aliphatic rings. The first-order valence-electron chi connectivity index (χ1n) is 6.08. The molecule has 1 fully saturated rings. The van der Waals surface area contributed by atoms with Gasteiger partial charge in [0, 0.05) is 12.1 Å². The molecule has 0 spiro atoms. The Morgan fingerprint density at radius 2 is 2.21 bits per heavy atom. The highest BCUT2D eigenvalue weighted by Gasteiger charge is 2.25. The minimum absolute atomic E-state index is 0.0542. The lowest BCUT2D eigenvalue weighted by Gasteiger charge is -2.36. The number of aliphatic hydroxyl groups excluding tert-OH is 1. The summed E-state index contributed by atoms with van der Waals surface area (Å²) in [5.41, 5.74) is 0.554. The van der Waals surface area contributed by atoms with Crippen LogP contribution < -0.4 is 5.32 Å². The molecule has 0 aromatic heterocycles. The van der Waals surface area contributed by atoms with E-state index in [0.717, 1.165) is 0 Å². The highest BCUT2D eigenvalue weighted by Crippen LogP contribution is 2.07. The minimum atomic E-state index is -0.242. The van der Waals surface area contributed by atoms with Crippen LogP contribution in [0.1, 0.15) is 10.4 Å². The maximum atomic E-state index is 12.0. The lowest BCUT2D eigenvalue weighted by Crippen LogP contribution is -2.54. The molecule has 1 saturated heterocycles. The first-order chi connectivity index (χ1) is 9.22. The van der Waals surface area contributed by atoms with Crippen molar-refractivity contribution in [2.45, 2.75) is 6.04 Å². The molecule has 0 bridgehead atoms. The summed E-state index contributed by atoms with van der Waals surface area (Å²) in [4.78, 5) is 13.8. The van der Waals surface area contributed by atoms with Gasteiger partial charge in [-0.15, -0.1) is 0 Å². The van der Waals surface area contributed by atoms with Gasteiger partial charge in [-0.05, 0) is 24.4 Å². The van der Waals surface area contributed by atoms with Crippen molar-refractivity contribution < 1.29 is 14.6 Å². The first kappa shape index (κ1) is 13.9. The van der Waals surface area contributed by atoms with Gasteiger partial charge in [0.2, 0.25) is 0 Å². The van der Waals surface area contributed by atoms with Gasteiger partial charge in [-0.1, -0.05) is 18.2 Å². The van der Waals surface area contributed by atoms with Crippen LogP contribution in [0, 0.1) is 0 Å². The van der Waals surface area contributed by atoms with Crippen molar-refractivity contribution >= 4 is 23.2 Å². The zero-order valence-corrected chi connectivity index (χ0v) is 11.2. The molecule has 2 rings (SSSR count). The molecule has 1 aliphatic heterocycles. The highest BCUT2D eigenvalue weighted by atomic mass is 32.1. The van der Waals surface area contributed by atoms with Crippen LogP contribution in [0.5, 0.6) is 0 Å². The number of carbonyl (C=O) groups is 1. The number of benzene rings is 1. The third-order valence-electron chi connectivity index (χ3n) is 2.96. The molecular formula is C13H16N2O3S. The van der Waals surface area contributed by atoms with Crippen LogP contribution >= 0.6 is 12.2 Å². The van der Waals surface area contributed by atoms with Crippen LogP contribution in [0.4, 0.5) is 0 Å².